The maximum absolute atomic E-state index is 13.2. The predicted molar refractivity (Wildman–Crippen MR) is 107 cm³/mol. The zero-order chi connectivity index (χ0) is 19.6. The first-order valence-electron chi connectivity index (χ1n) is 9.56. The van der Waals surface area contributed by atoms with Crippen molar-refractivity contribution < 1.29 is 4.79 Å². The molecular formula is C20H28ClN5O. The van der Waals surface area contributed by atoms with E-state index in [0.717, 1.165) is 37.2 Å². The van der Waals surface area contributed by atoms with Crippen molar-refractivity contribution in [3.8, 4) is 0 Å². The van der Waals surface area contributed by atoms with Crippen molar-refractivity contribution in [2.24, 2.45) is 5.92 Å². The van der Waals surface area contributed by atoms with Gasteiger partial charge in [0.25, 0.3) is 5.91 Å². The largest absolute Gasteiger partial charge is 0.333 e. The Hall–Kier alpha value is -1.92. The first-order chi connectivity index (χ1) is 12.9. The van der Waals surface area contributed by atoms with E-state index in [0.29, 0.717) is 16.8 Å². The molecule has 1 aromatic carbocycles. The molecule has 1 saturated heterocycles. The van der Waals surface area contributed by atoms with Crippen LogP contribution in [0.5, 0.6) is 0 Å². The third kappa shape index (κ3) is 4.01. The maximum atomic E-state index is 13.2. The van der Waals surface area contributed by atoms with Crippen molar-refractivity contribution in [2.75, 3.05) is 20.1 Å². The van der Waals surface area contributed by atoms with Crippen LogP contribution in [0.4, 0.5) is 0 Å². The van der Waals surface area contributed by atoms with Crippen LogP contribution in [0.1, 0.15) is 60.5 Å². The minimum atomic E-state index is -0.130. The topological polar surface area (TPSA) is 63.1 Å². The molecule has 6 nitrogen and oxygen atoms in total. The van der Waals surface area contributed by atoms with E-state index in [1.54, 1.807) is 4.90 Å². The summed E-state index contributed by atoms with van der Waals surface area (Å²) in [5.41, 5.74) is 2.21. The van der Waals surface area contributed by atoms with Crippen LogP contribution in [0.2, 0.25) is 5.02 Å². The van der Waals surface area contributed by atoms with Crippen LogP contribution in [-0.4, -0.2) is 45.9 Å². The number of benzene rings is 1. The standard InChI is InChI=1S/C20H28ClN5O/c1-13(2)19(16-7-5-6-8-17(16)21)25(4)20(27)18-14(3)26(24-23-18)15-9-11-22-12-10-15/h5-8,13,15,19,22H,9-12H2,1-4H3/t19-/m1/s1. The number of aromatic nitrogens is 3. The van der Waals surface area contributed by atoms with Crippen LogP contribution in [0.25, 0.3) is 0 Å². The molecule has 2 aromatic rings. The number of amides is 1. The third-order valence-corrected chi connectivity index (χ3v) is 5.72. The van der Waals surface area contributed by atoms with Gasteiger partial charge in [0.2, 0.25) is 0 Å². The van der Waals surface area contributed by atoms with Crippen molar-refractivity contribution in [1.29, 1.82) is 0 Å². The summed E-state index contributed by atoms with van der Waals surface area (Å²) >= 11 is 6.42. The number of carbonyl (C=O) groups excluding carboxylic acids is 1. The van der Waals surface area contributed by atoms with Gasteiger partial charge in [-0.25, -0.2) is 4.68 Å². The van der Waals surface area contributed by atoms with Crippen molar-refractivity contribution in [3.63, 3.8) is 0 Å². The van der Waals surface area contributed by atoms with Crippen LogP contribution in [0, 0.1) is 12.8 Å². The number of rotatable bonds is 5. The smallest absolute Gasteiger partial charge is 0.276 e. The number of hydrogen-bond acceptors (Lipinski definition) is 4. The predicted octanol–water partition coefficient (Wildman–Crippen LogP) is 3.63. The minimum Gasteiger partial charge on any atom is -0.333 e. The second-order valence-electron chi connectivity index (χ2n) is 7.58. The van der Waals surface area contributed by atoms with E-state index < -0.39 is 0 Å². The summed E-state index contributed by atoms with van der Waals surface area (Å²) < 4.78 is 1.92. The molecule has 0 bridgehead atoms. The molecule has 0 unspecified atom stereocenters. The monoisotopic (exact) mass is 389 g/mol. The molecule has 1 aromatic heterocycles. The van der Waals surface area contributed by atoms with Crippen molar-refractivity contribution in [3.05, 3.63) is 46.2 Å². The highest BCUT2D eigenvalue weighted by Gasteiger charge is 2.31. The lowest BCUT2D eigenvalue weighted by Gasteiger charge is -2.32. The third-order valence-electron chi connectivity index (χ3n) is 5.38. The van der Waals surface area contributed by atoms with Gasteiger partial charge in [-0.2, -0.15) is 0 Å². The zero-order valence-electron chi connectivity index (χ0n) is 16.4. The Labute approximate surface area is 165 Å². The molecule has 146 valence electrons. The van der Waals surface area contributed by atoms with Gasteiger partial charge in [0.1, 0.15) is 0 Å². The second-order valence-corrected chi connectivity index (χ2v) is 7.98. The summed E-state index contributed by atoms with van der Waals surface area (Å²) in [5, 5.41) is 12.6. The van der Waals surface area contributed by atoms with E-state index >= 15 is 0 Å². The average Bonchev–Trinajstić information content (AvgIpc) is 3.04. The lowest BCUT2D eigenvalue weighted by molar-refractivity contribution is 0.0680. The van der Waals surface area contributed by atoms with Gasteiger partial charge < -0.3 is 10.2 Å². The fourth-order valence-electron chi connectivity index (χ4n) is 3.96. The Bertz CT molecular complexity index is 797. The molecular weight excluding hydrogens is 362 g/mol. The molecule has 27 heavy (non-hydrogen) atoms. The van der Waals surface area contributed by atoms with E-state index in [9.17, 15) is 4.79 Å². The van der Waals surface area contributed by atoms with E-state index in [4.69, 9.17) is 11.6 Å². The molecule has 0 radical (unpaired) electrons. The van der Waals surface area contributed by atoms with Gasteiger partial charge in [0.05, 0.1) is 17.8 Å². The molecule has 3 rings (SSSR count). The molecule has 1 aliphatic heterocycles. The first-order valence-corrected chi connectivity index (χ1v) is 9.93. The van der Waals surface area contributed by atoms with Gasteiger partial charge >= 0.3 is 0 Å². The molecule has 1 amide bonds. The molecule has 0 saturated carbocycles. The average molecular weight is 390 g/mol. The quantitative estimate of drug-likeness (QED) is 0.848. The molecule has 0 spiro atoms. The number of hydrogen-bond donors (Lipinski definition) is 1. The number of nitrogens with one attached hydrogen (secondary N) is 1. The van der Waals surface area contributed by atoms with Crippen molar-refractivity contribution in [1.82, 2.24) is 25.2 Å². The summed E-state index contributed by atoms with van der Waals surface area (Å²) in [7, 11) is 1.82. The highest BCUT2D eigenvalue weighted by molar-refractivity contribution is 6.31. The van der Waals surface area contributed by atoms with Gasteiger partial charge in [0.15, 0.2) is 5.69 Å². The Kier molecular flexibility index (Phi) is 6.17. The zero-order valence-corrected chi connectivity index (χ0v) is 17.2. The number of halogens is 1. The molecule has 1 aliphatic rings. The number of piperidine rings is 1. The van der Waals surface area contributed by atoms with Gasteiger partial charge in [-0.1, -0.05) is 48.9 Å². The van der Waals surface area contributed by atoms with E-state index in [2.05, 4.69) is 29.5 Å². The Morgan fingerprint density at radius 1 is 1.30 bits per heavy atom. The highest BCUT2D eigenvalue weighted by atomic mass is 35.5. The van der Waals surface area contributed by atoms with Crippen LogP contribution < -0.4 is 5.32 Å². The number of nitrogens with zero attached hydrogens (tertiary/aromatic N) is 4. The van der Waals surface area contributed by atoms with Crippen LogP contribution in [0.3, 0.4) is 0 Å². The summed E-state index contributed by atoms with van der Waals surface area (Å²) in [6.07, 6.45) is 2.00. The first kappa shape index (κ1) is 19.8. The molecule has 1 N–H and O–H groups in total. The lowest BCUT2D eigenvalue weighted by atomic mass is 9.94. The summed E-state index contributed by atoms with van der Waals surface area (Å²) in [5.74, 6) is 0.0879. The van der Waals surface area contributed by atoms with Gasteiger partial charge in [0, 0.05) is 12.1 Å². The van der Waals surface area contributed by atoms with Crippen molar-refractivity contribution in [2.45, 2.75) is 45.7 Å². The highest BCUT2D eigenvalue weighted by Crippen LogP contribution is 2.33. The summed E-state index contributed by atoms with van der Waals surface area (Å²) in [6.45, 7) is 8.06. The lowest BCUT2D eigenvalue weighted by Crippen LogP contribution is -2.35. The van der Waals surface area contributed by atoms with Crippen LogP contribution >= 0.6 is 11.6 Å². The summed E-state index contributed by atoms with van der Waals surface area (Å²) in [6, 6.07) is 7.87. The number of carbonyl (C=O) groups is 1. The Morgan fingerprint density at radius 3 is 2.59 bits per heavy atom. The SMILES string of the molecule is Cc1c(C(=O)N(C)[C@@H](c2ccccc2Cl)C(C)C)nnn1C1CCNCC1. The van der Waals surface area contributed by atoms with Gasteiger partial charge in [-0.15, -0.1) is 5.10 Å². The Morgan fingerprint density at radius 2 is 1.96 bits per heavy atom. The van der Waals surface area contributed by atoms with Gasteiger partial charge in [-0.05, 0) is 50.4 Å². The molecule has 1 atom stereocenters. The maximum Gasteiger partial charge on any atom is 0.276 e. The fourth-order valence-corrected chi connectivity index (χ4v) is 4.21. The molecule has 1 fully saturated rings. The van der Waals surface area contributed by atoms with Crippen LogP contribution in [0.15, 0.2) is 24.3 Å². The van der Waals surface area contributed by atoms with Crippen molar-refractivity contribution >= 4 is 17.5 Å². The summed E-state index contributed by atoms with van der Waals surface area (Å²) in [4.78, 5) is 15.0. The minimum absolute atomic E-state index is 0.119. The van der Waals surface area contributed by atoms with Gasteiger partial charge in [-0.3, -0.25) is 4.79 Å². The molecule has 0 aliphatic carbocycles. The van der Waals surface area contributed by atoms with Crippen LogP contribution in [-0.2, 0) is 0 Å². The van der Waals surface area contributed by atoms with E-state index in [1.165, 1.54) is 0 Å². The Balaban J connectivity index is 1.88. The molecule has 7 heteroatoms. The fraction of sp³-hybridized carbons (Fsp3) is 0.550. The normalized spacial score (nSPS) is 16.5. The molecule has 2 heterocycles. The van der Waals surface area contributed by atoms with E-state index in [1.807, 2.05) is 42.9 Å². The second kappa shape index (κ2) is 8.40. The van der Waals surface area contributed by atoms with E-state index in [-0.39, 0.29) is 17.9 Å².